The van der Waals surface area contributed by atoms with Gasteiger partial charge in [0.1, 0.15) is 12.0 Å². The van der Waals surface area contributed by atoms with Crippen LogP contribution in [0.3, 0.4) is 0 Å². The van der Waals surface area contributed by atoms with E-state index in [9.17, 15) is 0 Å². The molecule has 4 heteroatoms. The molecule has 0 spiro atoms. The fourth-order valence-corrected chi connectivity index (χ4v) is 2.57. The lowest BCUT2D eigenvalue weighted by molar-refractivity contribution is 1.17. The molecule has 3 heterocycles. The van der Waals surface area contributed by atoms with E-state index in [1.165, 1.54) is 5.56 Å². The number of nitrogens with one attached hydrogen (secondary N) is 1. The fraction of sp³-hybridized carbons (Fsp3) is 0. The van der Waals surface area contributed by atoms with Crippen LogP contribution >= 0.6 is 0 Å². The van der Waals surface area contributed by atoms with Gasteiger partial charge in [-0.25, -0.2) is 15.0 Å². The zero-order valence-corrected chi connectivity index (χ0v) is 11.2. The lowest BCUT2D eigenvalue weighted by atomic mass is 10.0. The molecule has 0 aliphatic carbocycles. The van der Waals surface area contributed by atoms with Gasteiger partial charge in [0.2, 0.25) is 0 Å². The third kappa shape index (κ3) is 1.97. The number of rotatable bonds is 2. The molecule has 1 aromatic carbocycles. The molecular formula is C17H12N4. The van der Waals surface area contributed by atoms with Crippen LogP contribution in [0, 0.1) is 0 Å². The Bertz CT molecular complexity index is 882. The molecule has 0 bridgehead atoms. The minimum Gasteiger partial charge on any atom is -0.345 e. The number of aromatic nitrogens is 4. The first kappa shape index (κ1) is 11.8. The first-order valence-corrected chi connectivity index (χ1v) is 6.71. The molecule has 3 aromatic heterocycles. The Morgan fingerprint density at radius 2 is 1.71 bits per heavy atom. The molecule has 0 unspecified atom stereocenters. The van der Waals surface area contributed by atoms with Gasteiger partial charge in [-0.2, -0.15) is 0 Å². The maximum Gasteiger partial charge on any atom is 0.138 e. The van der Waals surface area contributed by atoms with Crippen molar-refractivity contribution in [2.75, 3.05) is 0 Å². The zero-order chi connectivity index (χ0) is 14.1. The summed E-state index contributed by atoms with van der Waals surface area (Å²) in [5.74, 6) is 0. The molecule has 0 saturated carbocycles. The number of aromatic amines is 1. The van der Waals surface area contributed by atoms with Crippen molar-refractivity contribution in [3.63, 3.8) is 0 Å². The highest BCUT2D eigenvalue weighted by Crippen LogP contribution is 2.34. The van der Waals surface area contributed by atoms with Crippen LogP contribution in [0.5, 0.6) is 0 Å². The Labute approximate surface area is 121 Å². The molecule has 4 nitrogen and oxygen atoms in total. The Morgan fingerprint density at radius 1 is 0.810 bits per heavy atom. The molecule has 0 radical (unpaired) electrons. The van der Waals surface area contributed by atoms with Crippen LogP contribution in [0.1, 0.15) is 0 Å². The highest BCUT2D eigenvalue weighted by Gasteiger charge is 2.13. The molecule has 0 amide bonds. The van der Waals surface area contributed by atoms with E-state index in [1.807, 2.05) is 42.7 Å². The van der Waals surface area contributed by atoms with Gasteiger partial charge in [-0.15, -0.1) is 0 Å². The highest BCUT2D eigenvalue weighted by atomic mass is 14.9. The van der Waals surface area contributed by atoms with Gasteiger partial charge in [0.05, 0.1) is 5.69 Å². The minimum atomic E-state index is 0.866. The van der Waals surface area contributed by atoms with Crippen LogP contribution in [0.25, 0.3) is 33.4 Å². The van der Waals surface area contributed by atoms with E-state index in [1.54, 1.807) is 12.5 Å². The second kappa shape index (κ2) is 4.83. The Morgan fingerprint density at radius 3 is 2.52 bits per heavy atom. The molecular weight excluding hydrogens is 260 g/mol. The van der Waals surface area contributed by atoms with E-state index in [2.05, 4.69) is 32.1 Å². The summed E-state index contributed by atoms with van der Waals surface area (Å²) in [6, 6.07) is 14.2. The summed E-state index contributed by atoms with van der Waals surface area (Å²) in [5.41, 5.74) is 5.11. The van der Waals surface area contributed by atoms with Crippen LogP contribution < -0.4 is 0 Å². The van der Waals surface area contributed by atoms with Crippen molar-refractivity contribution in [3.8, 4) is 22.4 Å². The minimum absolute atomic E-state index is 0.866. The van der Waals surface area contributed by atoms with E-state index in [0.717, 1.165) is 27.9 Å². The smallest absolute Gasteiger partial charge is 0.138 e. The molecule has 0 fully saturated rings. The average Bonchev–Trinajstić information content (AvgIpc) is 3.00. The van der Waals surface area contributed by atoms with E-state index < -0.39 is 0 Å². The number of pyridine rings is 1. The maximum atomic E-state index is 4.41. The van der Waals surface area contributed by atoms with Gasteiger partial charge in [0.25, 0.3) is 0 Å². The maximum absolute atomic E-state index is 4.41. The van der Waals surface area contributed by atoms with Crippen LogP contribution in [-0.4, -0.2) is 19.9 Å². The van der Waals surface area contributed by atoms with Crippen molar-refractivity contribution < 1.29 is 0 Å². The van der Waals surface area contributed by atoms with Gasteiger partial charge in [0, 0.05) is 29.5 Å². The lowest BCUT2D eigenvalue weighted by Crippen LogP contribution is -1.86. The van der Waals surface area contributed by atoms with Crippen LogP contribution in [-0.2, 0) is 0 Å². The monoisotopic (exact) mass is 272 g/mol. The fourth-order valence-electron chi connectivity index (χ4n) is 2.57. The van der Waals surface area contributed by atoms with Crippen molar-refractivity contribution in [2.24, 2.45) is 0 Å². The Hall–Kier alpha value is -3.01. The van der Waals surface area contributed by atoms with Gasteiger partial charge in [-0.3, -0.25) is 0 Å². The number of benzene rings is 1. The topological polar surface area (TPSA) is 54.5 Å². The molecule has 0 aliphatic rings. The lowest BCUT2D eigenvalue weighted by Gasteiger charge is -2.05. The number of hydrogen-bond acceptors (Lipinski definition) is 3. The molecule has 21 heavy (non-hydrogen) atoms. The number of fused-ring (bicyclic) bond motifs is 1. The summed E-state index contributed by atoms with van der Waals surface area (Å²) in [6.45, 7) is 0. The van der Waals surface area contributed by atoms with Crippen molar-refractivity contribution in [2.45, 2.75) is 0 Å². The van der Waals surface area contributed by atoms with E-state index in [-0.39, 0.29) is 0 Å². The summed E-state index contributed by atoms with van der Waals surface area (Å²) in [4.78, 5) is 16.0. The summed E-state index contributed by atoms with van der Waals surface area (Å²) in [7, 11) is 0. The first-order valence-electron chi connectivity index (χ1n) is 6.71. The van der Waals surface area contributed by atoms with E-state index in [4.69, 9.17) is 0 Å². The predicted molar refractivity (Wildman–Crippen MR) is 82.6 cm³/mol. The van der Waals surface area contributed by atoms with E-state index in [0.29, 0.717) is 0 Å². The zero-order valence-electron chi connectivity index (χ0n) is 11.2. The molecule has 1 N–H and O–H groups in total. The van der Waals surface area contributed by atoms with Gasteiger partial charge in [0.15, 0.2) is 0 Å². The summed E-state index contributed by atoms with van der Waals surface area (Å²) < 4.78 is 0. The van der Waals surface area contributed by atoms with Crippen LogP contribution in [0.4, 0.5) is 0 Å². The van der Waals surface area contributed by atoms with Gasteiger partial charge < -0.3 is 4.98 Å². The van der Waals surface area contributed by atoms with Crippen molar-refractivity contribution >= 4 is 11.0 Å². The standard InChI is InChI=1S/C17H12N4/c1-2-4-12(5-3-1)13-6-9-19-17-16(13)14(10-20-17)15-7-8-18-11-21-15/h1-11H,(H,19,20). The Kier molecular flexibility index (Phi) is 2.71. The summed E-state index contributed by atoms with van der Waals surface area (Å²) in [6.07, 6.45) is 7.09. The number of nitrogens with zero attached hydrogens (tertiary/aromatic N) is 3. The molecule has 0 atom stereocenters. The molecule has 100 valence electrons. The molecule has 4 rings (SSSR count). The predicted octanol–water partition coefficient (Wildman–Crippen LogP) is 3.69. The molecule has 4 aromatic rings. The first-order chi connectivity index (χ1) is 10.4. The number of hydrogen-bond donors (Lipinski definition) is 1. The van der Waals surface area contributed by atoms with Crippen LogP contribution in [0.15, 0.2) is 67.4 Å². The summed E-state index contributed by atoms with van der Waals surface area (Å²) in [5, 5.41) is 1.09. The third-order valence-electron chi connectivity index (χ3n) is 3.52. The average molecular weight is 272 g/mol. The van der Waals surface area contributed by atoms with Crippen molar-refractivity contribution in [1.82, 2.24) is 19.9 Å². The second-order valence-electron chi connectivity index (χ2n) is 4.75. The largest absolute Gasteiger partial charge is 0.345 e. The summed E-state index contributed by atoms with van der Waals surface area (Å²) >= 11 is 0. The molecule has 0 saturated heterocycles. The van der Waals surface area contributed by atoms with Gasteiger partial charge in [-0.1, -0.05) is 30.3 Å². The third-order valence-corrected chi connectivity index (χ3v) is 3.52. The van der Waals surface area contributed by atoms with Crippen LogP contribution in [0.2, 0.25) is 0 Å². The second-order valence-corrected chi connectivity index (χ2v) is 4.75. The SMILES string of the molecule is c1ccc(-c2ccnc3[nH]cc(-c4ccncn4)c23)cc1. The van der Waals surface area contributed by atoms with E-state index >= 15 is 0 Å². The molecule has 0 aliphatic heterocycles. The van der Waals surface area contributed by atoms with Crippen molar-refractivity contribution in [3.05, 3.63) is 67.4 Å². The highest BCUT2D eigenvalue weighted by molar-refractivity contribution is 6.03. The normalized spacial score (nSPS) is 10.9. The van der Waals surface area contributed by atoms with Gasteiger partial charge >= 0.3 is 0 Å². The van der Waals surface area contributed by atoms with Crippen molar-refractivity contribution in [1.29, 1.82) is 0 Å². The number of H-pyrrole nitrogens is 1. The Balaban J connectivity index is 2.03. The van der Waals surface area contributed by atoms with Gasteiger partial charge in [-0.05, 0) is 23.3 Å². The quantitative estimate of drug-likeness (QED) is 0.605.